The maximum atomic E-state index is 12.2. The predicted octanol–water partition coefficient (Wildman–Crippen LogP) is 3.37. The van der Waals surface area contributed by atoms with E-state index >= 15 is 0 Å². The zero-order valence-corrected chi connectivity index (χ0v) is 14.4. The number of rotatable bonds is 5. The van der Waals surface area contributed by atoms with Crippen LogP contribution in [0.5, 0.6) is 0 Å². The number of nitrogens with zero attached hydrogens (tertiary/aromatic N) is 1. The van der Waals surface area contributed by atoms with Crippen molar-refractivity contribution in [3.8, 4) is 0 Å². The van der Waals surface area contributed by atoms with Crippen molar-refractivity contribution < 1.29 is 26.7 Å². The Balaban J connectivity index is 1.92. The summed E-state index contributed by atoms with van der Waals surface area (Å²) in [7, 11) is -3.92. The molecule has 0 saturated carbocycles. The quantitative estimate of drug-likeness (QED) is 0.845. The van der Waals surface area contributed by atoms with Gasteiger partial charge < -0.3 is 5.11 Å². The number of halogens is 4. The average molecular weight is 386 g/mol. The van der Waals surface area contributed by atoms with Gasteiger partial charge in [0, 0.05) is 18.1 Å². The summed E-state index contributed by atoms with van der Waals surface area (Å²) >= 11 is 5.80. The third kappa shape index (κ3) is 5.34. The zero-order valence-electron chi connectivity index (χ0n) is 12.8. The monoisotopic (exact) mass is 385 g/mol. The van der Waals surface area contributed by atoms with Gasteiger partial charge in [-0.3, -0.25) is 0 Å². The van der Waals surface area contributed by atoms with E-state index in [0.29, 0.717) is 23.4 Å². The Hall–Kier alpha value is -0.830. The van der Waals surface area contributed by atoms with Crippen LogP contribution in [0, 0.1) is 5.92 Å². The Kier molecular flexibility index (Phi) is 6.17. The van der Waals surface area contributed by atoms with Crippen molar-refractivity contribution in [2.75, 3.05) is 18.8 Å². The minimum atomic E-state index is -4.49. The highest BCUT2D eigenvalue weighted by Crippen LogP contribution is 2.32. The molecular formula is C15H19ClF3NO3S. The van der Waals surface area contributed by atoms with Gasteiger partial charge in [-0.1, -0.05) is 23.7 Å². The summed E-state index contributed by atoms with van der Waals surface area (Å²) in [5.74, 6) is -1.07. The Morgan fingerprint density at radius 3 is 2.25 bits per heavy atom. The van der Waals surface area contributed by atoms with Gasteiger partial charge in [-0.15, -0.1) is 0 Å². The van der Waals surface area contributed by atoms with Gasteiger partial charge in [-0.05, 0) is 36.5 Å². The second kappa shape index (κ2) is 7.59. The fourth-order valence-corrected chi connectivity index (χ4v) is 4.42. The molecule has 136 valence electrons. The predicted molar refractivity (Wildman–Crippen MR) is 85.2 cm³/mol. The minimum Gasteiger partial charge on any atom is -0.388 e. The number of hydrogen-bond donors (Lipinski definition) is 1. The van der Waals surface area contributed by atoms with Crippen LogP contribution in [0.15, 0.2) is 24.3 Å². The molecular weight excluding hydrogens is 367 g/mol. The van der Waals surface area contributed by atoms with E-state index in [-0.39, 0.29) is 19.0 Å². The molecule has 24 heavy (non-hydrogen) atoms. The molecule has 0 aromatic heterocycles. The molecule has 1 N–H and O–H groups in total. The maximum absolute atomic E-state index is 12.2. The lowest BCUT2D eigenvalue weighted by molar-refractivity contribution is -0.130. The van der Waals surface area contributed by atoms with Gasteiger partial charge in [-0.2, -0.15) is 13.2 Å². The summed E-state index contributed by atoms with van der Waals surface area (Å²) < 4.78 is 61.7. The molecule has 0 spiro atoms. The third-order valence-corrected chi connectivity index (χ3v) is 6.32. The van der Waals surface area contributed by atoms with Gasteiger partial charge in [0.25, 0.3) is 0 Å². The van der Waals surface area contributed by atoms with E-state index in [1.807, 2.05) is 0 Å². The summed E-state index contributed by atoms with van der Waals surface area (Å²) in [5.41, 5.74) is 0.692. The molecule has 1 atom stereocenters. The number of benzene rings is 1. The van der Waals surface area contributed by atoms with Crippen LogP contribution in [0.2, 0.25) is 5.02 Å². The van der Waals surface area contributed by atoms with Crippen molar-refractivity contribution in [2.45, 2.75) is 31.5 Å². The van der Waals surface area contributed by atoms with Crippen molar-refractivity contribution in [1.29, 1.82) is 0 Å². The molecule has 1 aromatic rings. The van der Waals surface area contributed by atoms with Crippen LogP contribution >= 0.6 is 11.6 Å². The van der Waals surface area contributed by atoms with Crippen LogP contribution in [0.1, 0.15) is 30.9 Å². The molecule has 0 radical (unpaired) electrons. The Morgan fingerprint density at radius 1 is 1.21 bits per heavy atom. The van der Waals surface area contributed by atoms with Gasteiger partial charge in [0.2, 0.25) is 10.0 Å². The van der Waals surface area contributed by atoms with E-state index in [1.165, 1.54) is 0 Å². The first-order chi connectivity index (χ1) is 11.1. The van der Waals surface area contributed by atoms with Gasteiger partial charge in [0.05, 0.1) is 18.3 Å². The lowest BCUT2D eigenvalue weighted by atomic mass is 9.88. The Morgan fingerprint density at radius 2 is 1.75 bits per heavy atom. The molecule has 1 fully saturated rings. The number of aliphatic hydroxyl groups excluding tert-OH is 1. The Bertz CT molecular complexity index is 641. The molecule has 1 saturated heterocycles. The van der Waals surface area contributed by atoms with E-state index in [2.05, 4.69) is 0 Å². The molecule has 1 aliphatic heterocycles. The summed E-state index contributed by atoms with van der Waals surface area (Å²) in [6.45, 7) is 0.241. The standard InChI is InChI=1S/C15H19ClF3NO3S/c16-13-3-1-11(2-4-13)14(21)12-5-8-20(9-6-12)24(22,23)10-7-15(17,18)19/h1-4,12,14,21H,5-10H2. The fourth-order valence-electron chi connectivity index (χ4n) is 2.78. The molecule has 1 unspecified atom stereocenters. The van der Waals surface area contributed by atoms with Crippen LogP contribution in [0.4, 0.5) is 13.2 Å². The van der Waals surface area contributed by atoms with Gasteiger partial charge in [-0.25, -0.2) is 12.7 Å². The first kappa shape index (κ1) is 19.5. The lowest BCUT2D eigenvalue weighted by Gasteiger charge is -2.33. The van der Waals surface area contributed by atoms with Crippen molar-refractivity contribution in [3.63, 3.8) is 0 Å². The summed E-state index contributed by atoms with van der Waals surface area (Å²) in [5, 5.41) is 10.9. The topological polar surface area (TPSA) is 57.6 Å². The number of sulfonamides is 1. The molecule has 2 rings (SSSR count). The molecule has 0 bridgehead atoms. The van der Waals surface area contributed by atoms with Crippen molar-refractivity contribution >= 4 is 21.6 Å². The number of hydrogen-bond acceptors (Lipinski definition) is 3. The number of aliphatic hydroxyl groups is 1. The highest BCUT2D eigenvalue weighted by Gasteiger charge is 2.35. The van der Waals surface area contributed by atoms with E-state index in [0.717, 1.165) is 4.31 Å². The lowest BCUT2D eigenvalue weighted by Crippen LogP contribution is -2.41. The zero-order chi connectivity index (χ0) is 18.0. The molecule has 0 aliphatic carbocycles. The first-order valence-corrected chi connectivity index (χ1v) is 9.55. The molecule has 1 aromatic carbocycles. The van der Waals surface area contributed by atoms with E-state index in [4.69, 9.17) is 11.6 Å². The highest BCUT2D eigenvalue weighted by atomic mass is 35.5. The van der Waals surface area contributed by atoms with Crippen molar-refractivity contribution in [1.82, 2.24) is 4.31 Å². The fraction of sp³-hybridized carbons (Fsp3) is 0.600. The van der Waals surface area contributed by atoms with Crippen LogP contribution in [-0.4, -0.2) is 42.8 Å². The van der Waals surface area contributed by atoms with Gasteiger partial charge in [0.1, 0.15) is 0 Å². The Labute approximate surface area is 144 Å². The van der Waals surface area contributed by atoms with Crippen LogP contribution < -0.4 is 0 Å². The molecule has 1 heterocycles. The summed E-state index contributed by atoms with van der Waals surface area (Å²) in [6.07, 6.45) is -5.79. The van der Waals surface area contributed by atoms with Crippen LogP contribution in [0.25, 0.3) is 0 Å². The smallest absolute Gasteiger partial charge is 0.388 e. The average Bonchev–Trinajstić information content (AvgIpc) is 2.53. The molecule has 0 amide bonds. The van der Waals surface area contributed by atoms with Crippen molar-refractivity contribution in [2.24, 2.45) is 5.92 Å². The number of alkyl halides is 3. The van der Waals surface area contributed by atoms with Crippen LogP contribution in [-0.2, 0) is 10.0 Å². The van der Waals surface area contributed by atoms with Gasteiger partial charge in [0.15, 0.2) is 0 Å². The maximum Gasteiger partial charge on any atom is 0.390 e. The van der Waals surface area contributed by atoms with E-state index in [1.54, 1.807) is 24.3 Å². The van der Waals surface area contributed by atoms with Crippen molar-refractivity contribution in [3.05, 3.63) is 34.9 Å². The van der Waals surface area contributed by atoms with Crippen LogP contribution in [0.3, 0.4) is 0 Å². The minimum absolute atomic E-state index is 0.121. The second-order valence-electron chi connectivity index (χ2n) is 5.91. The van der Waals surface area contributed by atoms with E-state index < -0.39 is 34.5 Å². The molecule has 9 heteroatoms. The highest BCUT2D eigenvalue weighted by molar-refractivity contribution is 7.89. The SMILES string of the molecule is O=S(=O)(CCC(F)(F)F)N1CCC(C(O)c2ccc(Cl)cc2)CC1. The normalized spacial score (nSPS) is 19.4. The molecule has 1 aliphatic rings. The molecule has 4 nitrogen and oxygen atoms in total. The van der Waals surface area contributed by atoms with Gasteiger partial charge >= 0.3 is 6.18 Å². The van der Waals surface area contributed by atoms with E-state index in [9.17, 15) is 26.7 Å². The number of piperidine rings is 1. The first-order valence-electron chi connectivity index (χ1n) is 7.56. The largest absolute Gasteiger partial charge is 0.390 e. The summed E-state index contributed by atoms with van der Waals surface area (Å²) in [6, 6.07) is 6.74. The third-order valence-electron chi connectivity index (χ3n) is 4.19. The summed E-state index contributed by atoms with van der Waals surface area (Å²) in [4.78, 5) is 0. The second-order valence-corrected chi connectivity index (χ2v) is 8.44.